The zero-order chi connectivity index (χ0) is 14.8. The number of thioether (sulfide) groups is 1. The Bertz CT molecular complexity index is 814. The number of carboxylic acids is 1. The maximum absolute atomic E-state index is 11.1. The van der Waals surface area contributed by atoms with E-state index in [0.29, 0.717) is 10.8 Å². The molecular formula is C15H13N3O2S. The van der Waals surface area contributed by atoms with Crippen LogP contribution in [0.4, 0.5) is 0 Å². The minimum Gasteiger partial charge on any atom is -0.478 e. The zero-order valence-corrected chi connectivity index (χ0v) is 12.2. The number of aromatic carboxylic acids is 1. The second-order valence-electron chi connectivity index (χ2n) is 4.60. The molecule has 6 heteroatoms. The molecule has 0 fully saturated rings. The standard InChI is InChI=1S/C15H13N3O2S/c1-10-4-3-7-18-8-11(17-13(10)18)9-21-14-12(15(19)20)5-2-6-16-14/h2-8H,9H2,1H3,(H,19,20). The first-order valence-electron chi connectivity index (χ1n) is 6.39. The number of pyridine rings is 2. The third-order valence-electron chi connectivity index (χ3n) is 3.09. The number of carbonyl (C=O) groups is 1. The molecule has 0 unspecified atom stereocenters. The van der Waals surface area contributed by atoms with Crippen molar-refractivity contribution >= 4 is 23.4 Å². The van der Waals surface area contributed by atoms with Crippen LogP contribution in [0.3, 0.4) is 0 Å². The van der Waals surface area contributed by atoms with E-state index >= 15 is 0 Å². The van der Waals surface area contributed by atoms with Crippen molar-refractivity contribution in [3.05, 3.63) is 59.7 Å². The van der Waals surface area contributed by atoms with Gasteiger partial charge in [0, 0.05) is 24.3 Å². The highest BCUT2D eigenvalue weighted by Crippen LogP contribution is 2.24. The van der Waals surface area contributed by atoms with Gasteiger partial charge in [-0.3, -0.25) is 0 Å². The van der Waals surface area contributed by atoms with Crippen molar-refractivity contribution < 1.29 is 9.90 Å². The van der Waals surface area contributed by atoms with Gasteiger partial charge in [-0.2, -0.15) is 0 Å². The molecule has 3 rings (SSSR count). The Morgan fingerprint density at radius 2 is 2.24 bits per heavy atom. The third kappa shape index (κ3) is 2.75. The van der Waals surface area contributed by atoms with Gasteiger partial charge >= 0.3 is 5.97 Å². The number of hydrogen-bond acceptors (Lipinski definition) is 4. The van der Waals surface area contributed by atoms with Crippen molar-refractivity contribution in [2.75, 3.05) is 0 Å². The van der Waals surface area contributed by atoms with E-state index in [-0.39, 0.29) is 5.56 Å². The summed E-state index contributed by atoms with van der Waals surface area (Å²) < 4.78 is 1.97. The van der Waals surface area contributed by atoms with E-state index < -0.39 is 5.97 Å². The van der Waals surface area contributed by atoms with Crippen LogP contribution in [0.1, 0.15) is 21.6 Å². The fourth-order valence-electron chi connectivity index (χ4n) is 2.08. The Labute approximate surface area is 125 Å². The number of carboxylic acid groups (broad SMARTS) is 1. The highest BCUT2D eigenvalue weighted by molar-refractivity contribution is 7.98. The van der Waals surface area contributed by atoms with E-state index in [1.807, 2.05) is 35.9 Å². The normalized spacial score (nSPS) is 10.9. The van der Waals surface area contributed by atoms with Crippen LogP contribution >= 0.6 is 11.8 Å². The molecule has 5 nitrogen and oxygen atoms in total. The smallest absolute Gasteiger partial charge is 0.338 e. The molecule has 0 amide bonds. The first-order chi connectivity index (χ1) is 10.1. The number of aryl methyl sites for hydroxylation is 1. The molecule has 3 aromatic rings. The Morgan fingerprint density at radius 1 is 1.38 bits per heavy atom. The largest absolute Gasteiger partial charge is 0.478 e. The molecule has 0 saturated carbocycles. The van der Waals surface area contributed by atoms with Crippen LogP contribution in [0.2, 0.25) is 0 Å². The van der Waals surface area contributed by atoms with E-state index in [4.69, 9.17) is 5.11 Å². The summed E-state index contributed by atoms with van der Waals surface area (Å²) in [7, 11) is 0. The maximum atomic E-state index is 11.1. The Balaban J connectivity index is 1.84. The van der Waals surface area contributed by atoms with Crippen LogP contribution in [-0.2, 0) is 5.75 Å². The number of hydrogen-bond donors (Lipinski definition) is 1. The molecule has 0 aliphatic heterocycles. The second kappa shape index (κ2) is 5.57. The summed E-state index contributed by atoms with van der Waals surface area (Å²) in [5.74, 6) is -0.380. The molecule has 0 aliphatic rings. The van der Waals surface area contributed by atoms with Gasteiger partial charge in [-0.1, -0.05) is 17.8 Å². The highest BCUT2D eigenvalue weighted by Gasteiger charge is 2.12. The summed E-state index contributed by atoms with van der Waals surface area (Å²) in [6.07, 6.45) is 5.51. The van der Waals surface area contributed by atoms with Crippen molar-refractivity contribution in [1.29, 1.82) is 0 Å². The number of fused-ring (bicyclic) bond motifs is 1. The monoisotopic (exact) mass is 299 g/mol. The molecule has 0 aromatic carbocycles. The summed E-state index contributed by atoms with van der Waals surface area (Å²) in [5.41, 5.74) is 3.16. The topological polar surface area (TPSA) is 67.5 Å². The SMILES string of the molecule is Cc1cccn2cc(CSc3ncccc3C(=O)O)nc12. The van der Waals surface area contributed by atoms with E-state index in [1.165, 1.54) is 11.8 Å². The molecule has 0 saturated heterocycles. The summed E-state index contributed by atoms with van der Waals surface area (Å²) in [6, 6.07) is 7.18. The predicted octanol–water partition coefficient (Wildman–Crippen LogP) is 3.03. The van der Waals surface area contributed by atoms with Gasteiger partial charge in [0.05, 0.1) is 11.3 Å². The Hall–Kier alpha value is -2.34. The van der Waals surface area contributed by atoms with Gasteiger partial charge in [0.2, 0.25) is 0 Å². The van der Waals surface area contributed by atoms with Crippen LogP contribution in [0.5, 0.6) is 0 Å². The van der Waals surface area contributed by atoms with E-state index in [2.05, 4.69) is 9.97 Å². The fourth-order valence-corrected chi connectivity index (χ4v) is 2.95. The third-order valence-corrected chi connectivity index (χ3v) is 4.12. The lowest BCUT2D eigenvalue weighted by Crippen LogP contribution is -2.00. The first kappa shape index (κ1) is 13.6. The molecule has 0 aliphatic carbocycles. The second-order valence-corrected chi connectivity index (χ2v) is 5.57. The fraction of sp³-hybridized carbons (Fsp3) is 0.133. The van der Waals surface area contributed by atoms with E-state index in [1.54, 1.807) is 18.3 Å². The summed E-state index contributed by atoms with van der Waals surface area (Å²) in [5, 5.41) is 9.65. The lowest BCUT2D eigenvalue weighted by molar-refractivity contribution is 0.0692. The van der Waals surface area contributed by atoms with Gasteiger partial charge in [0.25, 0.3) is 0 Å². The van der Waals surface area contributed by atoms with Crippen LogP contribution in [0, 0.1) is 6.92 Å². The molecule has 0 atom stereocenters. The van der Waals surface area contributed by atoms with Gasteiger partial charge in [-0.25, -0.2) is 14.8 Å². The van der Waals surface area contributed by atoms with Crippen molar-refractivity contribution in [2.24, 2.45) is 0 Å². The van der Waals surface area contributed by atoms with Crippen molar-refractivity contribution in [2.45, 2.75) is 17.7 Å². The van der Waals surface area contributed by atoms with Crippen molar-refractivity contribution in [1.82, 2.24) is 14.4 Å². The molecule has 0 radical (unpaired) electrons. The highest BCUT2D eigenvalue weighted by atomic mass is 32.2. The molecule has 3 heterocycles. The lowest BCUT2D eigenvalue weighted by Gasteiger charge is -2.02. The predicted molar refractivity (Wildman–Crippen MR) is 80.7 cm³/mol. The average molecular weight is 299 g/mol. The van der Waals surface area contributed by atoms with Gasteiger partial charge in [0.1, 0.15) is 10.7 Å². The van der Waals surface area contributed by atoms with Crippen LogP contribution in [0.15, 0.2) is 47.9 Å². The lowest BCUT2D eigenvalue weighted by atomic mass is 10.3. The molecule has 1 N–H and O–H groups in total. The van der Waals surface area contributed by atoms with E-state index in [0.717, 1.165) is 16.9 Å². The maximum Gasteiger partial charge on any atom is 0.338 e. The van der Waals surface area contributed by atoms with Gasteiger partial charge in [-0.05, 0) is 30.7 Å². The van der Waals surface area contributed by atoms with Crippen LogP contribution < -0.4 is 0 Å². The molecule has 0 bridgehead atoms. The molecule has 106 valence electrons. The number of nitrogens with zero attached hydrogens (tertiary/aromatic N) is 3. The van der Waals surface area contributed by atoms with Crippen molar-refractivity contribution in [3.63, 3.8) is 0 Å². The average Bonchev–Trinajstić information content (AvgIpc) is 2.90. The first-order valence-corrected chi connectivity index (χ1v) is 7.38. The Kier molecular flexibility index (Phi) is 3.62. The van der Waals surface area contributed by atoms with Crippen LogP contribution in [-0.4, -0.2) is 25.4 Å². The summed E-state index contributed by atoms with van der Waals surface area (Å²) in [6.45, 7) is 2.01. The van der Waals surface area contributed by atoms with Gasteiger partial charge in [-0.15, -0.1) is 0 Å². The Morgan fingerprint density at radius 3 is 3.00 bits per heavy atom. The van der Waals surface area contributed by atoms with Crippen molar-refractivity contribution in [3.8, 4) is 0 Å². The molecule has 3 aromatic heterocycles. The number of rotatable bonds is 4. The van der Waals surface area contributed by atoms with E-state index in [9.17, 15) is 4.79 Å². The van der Waals surface area contributed by atoms with Gasteiger partial charge in [0.15, 0.2) is 0 Å². The summed E-state index contributed by atoms with van der Waals surface area (Å²) >= 11 is 1.38. The quantitative estimate of drug-likeness (QED) is 0.750. The minimum absolute atomic E-state index is 0.224. The zero-order valence-electron chi connectivity index (χ0n) is 11.4. The molecule has 0 spiro atoms. The summed E-state index contributed by atoms with van der Waals surface area (Å²) in [4.78, 5) is 19.8. The molecular weight excluding hydrogens is 286 g/mol. The number of imidazole rings is 1. The molecule has 21 heavy (non-hydrogen) atoms. The van der Waals surface area contributed by atoms with Gasteiger partial charge < -0.3 is 9.51 Å². The van der Waals surface area contributed by atoms with Crippen LogP contribution in [0.25, 0.3) is 5.65 Å². The minimum atomic E-state index is -0.962. The number of aromatic nitrogens is 3.